The average molecular weight is 245 g/mol. The summed E-state index contributed by atoms with van der Waals surface area (Å²) in [5, 5.41) is 0. The molecule has 0 amide bonds. The molecule has 0 aliphatic heterocycles. The Morgan fingerprint density at radius 1 is 1.36 bits per heavy atom. The SMILES string of the molecule is COC(=S)SSN(C)c1ccccc1. The Labute approximate surface area is 97.5 Å². The van der Waals surface area contributed by atoms with E-state index >= 15 is 0 Å². The molecule has 0 unspecified atom stereocenters. The summed E-state index contributed by atoms with van der Waals surface area (Å²) in [6.45, 7) is 0. The third-order valence-corrected chi connectivity index (χ3v) is 4.40. The lowest BCUT2D eigenvalue weighted by atomic mass is 10.3. The molecule has 5 heteroatoms. The van der Waals surface area contributed by atoms with Gasteiger partial charge in [-0.25, -0.2) is 0 Å². The van der Waals surface area contributed by atoms with Gasteiger partial charge >= 0.3 is 0 Å². The van der Waals surface area contributed by atoms with Crippen LogP contribution in [0.25, 0.3) is 0 Å². The maximum Gasteiger partial charge on any atom is 0.232 e. The molecule has 0 radical (unpaired) electrons. The highest BCUT2D eigenvalue weighted by Gasteiger charge is 2.03. The molecule has 0 aliphatic rings. The molecule has 0 fully saturated rings. The lowest BCUT2D eigenvalue weighted by Crippen LogP contribution is -2.04. The van der Waals surface area contributed by atoms with Crippen LogP contribution in [0.3, 0.4) is 0 Å². The minimum atomic E-state index is 0.540. The van der Waals surface area contributed by atoms with Crippen molar-refractivity contribution in [2.75, 3.05) is 18.5 Å². The number of hydrogen-bond acceptors (Lipinski definition) is 5. The Kier molecular flexibility index (Phi) is 5.14. The van der Waals surface area contributed by atoms with Gasteiger partial charge < -0.3 is 9.04 Å². The van der Waals surface area contributed by atoms with Crippen LogP contribution in [-0.2, 0) is 4.74 Å². The molecule has 0 saturated heterocycles. The number of methoxy groups -OCH3 is 1. The van der Waals surface area contributed by atoms with Crippen LogP contribution in [0.1, 0.15) is 0 Å². The van der Waals surface area contributed by atoms with Crippen molar-refractivity contribution in [2.24, 2.45) is 0 Å². The van der Waals surface area contributed by atoms with Crippen molar-refractivity contribution in [1.29, 1.82) is 0 Å². The van der Waals surface area contributed by atoms with E-state index in [0.29, 0.717) is 4.38 Å². The van der Waals surface area contributed by atoms with E-state index in [1.54, 1.807) is 18.1 Å². The summed E-state index contributed by atoms with van der Waals surface area (Å²) in [6.07, 6.45) is 0. The highest BCUT2D eigenvalue weighted by molar-refractivity contribution is 8.83. The largest absolute Gasteiger partial charge is 0.481 e. The van der Waals surface area contributed by atoms with E-state index in [1.807, 2.05) is 41.7 Å². The van der Waals surface area contributed by atoms with Gasteiger partial charge in [-0.05, 0) is 24.4 Å². The van der Waals surface area contributed by atoms with Gasteiger partial charge in [0.2, 0.25) is 4.38 Å². The summed E-state index contributed by atoms with van der Waals surface area (Å²) in [5.41, 5.74) is 1.14. The van der Waals surface area contributed by atoms with E-state index in [9.17, 15) is 0 Å². The number of para-hydroxylation sites is 1. The number of ether oxygens (including phenoxy) is 1. The van der Waals surface area contributed by atoms with Crippen LogP contribution < -0.4 is 4.31 Å². The third-order valence-electron chi connectivity index (χ3n) is 1.50. The molecular weight excluding hydrogens is 234 g/mol. The summed E-state index contributed by atoms with van der Waals surface area (Å²) in [5.74, 6) is 0. The fraction of sp³-hybridized carbons (Fsp3) is 0.222. The Hall–Kier alpha value is -0.390. The zero-order chi connectivity index (χ0) is 10.4. The van der Waals surface area contributed by atoms with Crippen LogP contribution in [0.15, 0.2) is 30.3 Å². The Bertz CT molecular complexity index is 291. The minimum absolute atomic E-state index is 0.540. The number of thiocarbonyl (C=S) groups is 1. The van der Waals surface area contributed by atoms with Crippen molar-refractivity contribution in [3.8, 4) is 0 Å². The lowest BCUT2D eigenvalue weighted by molar-refractivity contribution is 0.426. The molecular formula is C9H11NOS3. The first-order chi connectivity index (χ1) is 6.74. The number of benzene rings is 1. The third kappa shape index (κ3) is 3.77. The van der Waals surface area contributed by atoms with Gasteiger partial charge in [0.25, 0.3) is 0 Å². The summed E-state index contributed by atoms with van der Waals surface area (Å²) in [6, 6.07) is 10.1. The van der Waals surface area contributed by atoms with Gasteiger partial charge in [-0.3, -0.25) is 0 Å². The molecule has 0 N–H and O–H groups in total. The van der Waals surface area contributed by atoms with E-state index in [2.05, 4.69) is 0 Å². The fourth-order valence-corrected chi connectivity index (χ4v) is 2.50. The number of nitrogens with zero attached hydrogens (tertiary/aromatic N) is 1. The van der Waals surface area contributed by atoms with Crippen molar-refractivity contribution in [1.82, 2.24) is 0 Å². The van der Waals surface area contributed by atoms with Gasteiger partial charge in [-0.2, -0.15) is 0 Å². The number of hydrogen-bond donors (Lipinski definition) is 0. The highest BCUT2D eigenvalue weighted by atomic mass is 33.1. The molecule has 0 aromatic heterocycles. The summed E-state index contributed by atoms with van der Waals surface area (Å²) >= 11 is 4.92. The van der Waals surface area contributed by atoms with Crippen LogP contribution in [0, 0.1) is 0 Å². The van der Waals surface area contributed by atoms with Gasteiger partial charge in [-0.15, -0.1) is 0 Å². The monoisotopic (exact) mass is 245 g/mol. The standard InChI is InChI=1S/C9H11NOS3/c1-10(14-13-9(12)11-2)8-6-4-3-5-7-8/h3-7H,1-2H3. The molecule has 14 heavy (non-hydrogen) atoms. The van der Waals surface area contributed by atoms with Crippen molar-refractivity contribution in [3.63, 3.8) is 0 Å². The topological polar surface area (TPSA) is 12.5 Å². The van der Waals surface area contributed by atoms with E-state index < -0.39 is 0 Å². The van der Waals surface area contributed by atoms with E-state index in [-0.39, 0.29) is 0 Å². The fourth-order valence-electron chi connectivity index (χ4n) is 0.801. The van der Waals surface area contributed by atoms with Crippen LogP contribution in [0.4, 0.5) is 5.69 Å². The quantitative estimate of drug-likeness (QED) is 0.458. The second kappa shape index (κ2) is 6.16. The molecule has 0 heterocycles. The summed E-state index contributed by atoms with van der Waals surface area (Å²) in [4.78, 5) is 0. The van der Waals surface area contributed by atoms with Crippen LogP contribution in [0.5, 0.6) is 0 Å². The molecule has 0 spiro atoms. The average Bonchev–Trinajstić information content (AvgIpc) is 2.26. The van der Waals surface area contributed by atoms with E-state index in [1.165, 1.54) is 10.8 Å². The summed E-state index contributed by atoms with van der Waals surface area (Å²) in [7, 11) is 6.55. The van der Waals surface area contributed by atoms with E-state index in [4.69, 9.17) is 17.0 Å². The van der Waals surface area contributed by atoms with E-state index in [0.717, 1.165) is 5.69 Å². The Morgan fingerprint density at radius 3 is 2.57 bits per heavy atom. The molecule has 0 bridgehead atoms. The van der Waals surface area contributed by atoms with Gasteiger partial charge in [0.1, 0.15) is 0 Å². The normalized spacial score (nSPS) is 9.57. The van der Waals surface area contributed by atoms with Gasteiger partial charge in [-0.1, -0.05) is 18.2 Å². The van der Waals surface area contributed by atoms with Crippen LogP contribution in [0.2, 0.25) is 0 Å². The molecule has 1 rings (SSSR count). The second-order valence-corrected chi connectivity index (χ2v) is 5.26. The first kappa shape index (κ1) is 11.7. The predicted molar refractivity (Wildman–Crippen MR) is 69.6 cm³/mol. The maximum atomic E-state index is 4.92. The minimum Gasteiger partial charge on any atom is -0.481 e. The Balaban J connectivity index is 2.43. The zero-order valence-corrected chi connectivity index (χ0v) is 10.4. The van der Waals surface area contributed by atoms with Crippen molar-refractivity contribution in [3.05, 3.63) is 30.3 Å². The highest BCUT2D eigenvalue weighted by Crippen LogP contribution is 2.30. The molecule has 1 aromatic rings. The molecule has 1 aromatic carbocycles. The maximum absolute atomic E-state index is 4.92. The van der Waals surface area contributed by atoms with Crippen LogP contribution in [-0.4, -0.2) is 18.5 Å². The van der Waals surface area contributed by atoms with Gasteiger partial charge in [0.05, 0.1) is 7.11 Å². The first-order valence-corrected chi connectivity index (χ1v) is 6.47. The van der Waals surface area contributed by atoms with Gasteiger partial charge in [0, 0.05) is 34.5 Å². The van der Waals surface area contributed by atoms with Crippen LogP contribution >= 0.6 is 34.0 Å². The molecule has 0 saturated carbocycles. The number of rotatable bonds is 3. The zero-order valence-electron chi connectivity index (χ0n) is 7.97. The van der Waals surface area contributed by atoms with Crippen molar-refractivity contribution >= 4 is 44.1 Å². The molecule has 0 aliphatic carbocycles. The lowest BCUT2D eigenvalue weighted by Gasteiger charge is -2.16. The second-order valence-electron chi connectivity index (χ2n) is 2.45. The van der Waals surface area contributed by atoms with Crippen molar-refractivity contribution in [2.45, 2.75) is 0 Å². The predicted octanol–water partition coefficient (Wildman–Crippen LogP) is 3.35. The molecule has 76 valence electrons. The molecule has 0 atom stereocenters. The van der Waals surface area contributed by atoms with Gasteiger partial charge in [0.15, 0.2) is 0 Å². The number of anilines is 1. The smallest absolute Gasteiger partial charge is 0.232 e. The Morgan fingerprint density at radius 2 is 2.00 bits per heavy atom. The first-order valence-electron chi connectivity index (χ1n) is 3.95. The van der Waals surface area contributed by atoms with Crippen molar-refractivity contribution < 1.29 is 4.74 Å². The summed E-state index contributed by atoms with van der Waals surface area (Å²) < 4.78 is 7.46. The molecule has 2 nitrogen and oxygen atoms in total.